The first-order chi connectivity index (χ1) is 12.6. The Kier molecular flexibility index (Phi) is 7.07. The van der Waals surface area contributed by atoms with Gasteiger partial charge in [0, 0.05) is 11.8 Å². The molecule has 0 bridgehead atoms. The van der Waals surface area contributed by atoms with E-state index in [2.05, 4.69) is 11.4 Å². The maximum Gasteiger partial charge on any atom is 0.248 e. The fourth-order valence-corrected chi connectivity index (χ4v) is 2.59. The van der Waals surface area contributed by atoms with Crippen molar-refractivity contribution in [1.29, 1.82) is 5.26 Å². The molecular weight excluding hydrogens is 352 g/mol. The van der Waals surface area contributed by atoms with Crippen molar-refractivity contribution in [3.8, 4) is 17.6 Å². The van der Waals surface area contributed by atoms with Gasteiger partial charge < -0.3 is 14.8 Å². The van der Waals surface area contributed by atoms with E-state index < -0.39 is 0 Å². The molecule has 0 saturated carbocycles. The molecule has 0 heterocycles. The van der Waals surface area contributed by atoms with E-state index in [9.17, 15) is 4.79 Å². The molecule has 2 aromatic rings. The van der Waals surface area contributed by atoms with Crippen molar-refractivity contribution < 1.29 is 14.3 Å². The maximum atomic E-state index is 12.1. The van der Waals surface area contributed by atoms with Gasteiger partial charge in [0.25, 0.3) is 0 Å². The van der Waals surface area contributed by atoms with Gasteiger partial charge in [0.2, 0.25) is 5.91 Å². The first-order valence-electron chi connectivity index (χ1n) is 8.02. The van der Waals surface area contributed by atoms with Gasteiger partial charge >= 0.3 is 0 Å². The molecule has 0 unspecified atom stereocenters. The number of halogens is 1. The van der Waals surface area contributed by atoms with Crippen LogP contribution in [0.4, 0.5) is 5.69 Å². The molecule has 5 nitrogen and oxygen atoms in total. The van der Waals surface area contributed by atoms with E-state index in [1.54, 1.807) is 42.5 Å². The number of rotatable bonds is 7. The molecule has 1 amide bonds. The number of anilines is 1. The van der Waals surface area contributed by atoms with Crippen molar-refractivity contribution >= 4 is 29.3 Å². The smallest absolute Gasteiger partial charge is 0.248 e. The van der Waals surface area contributed by atoms with Gasteiger partial charge in [-0.15, -0.1) is 0 Å². The molecule has 2 rings (SSSR count). The summed E-state index contributed by atoms with van der Waals surface area (Å²) in [6.07, 6.45) is 3.40. The minimum atomic E-state index is -0.275. The van der Waals surface area contributed by atoms with Crippen LogP contribution in [0.25, 0.3) is 6.08 Å². The highest BCUT2D eigenvalue weighted by Gasteiger charge is 2.10. The summed E-state index contributed by atoms with van der Waals surface area (Å²) in [5.41, 5.74) is 2.28. The Hall–Kier alpha value is -2.97. The van der Waals surface area contributed by atoms with E-state index >= 15 is 0 Å². The molecule has 2 aromatic carbocycles. The zero-order valence-corrected chi connectivity index (χ0v) is 15.3. The fraction of sp³-hybridized carbons (Fsp3) is 0.200. The molecule has 1 N–H and O–H groups in total. The quantitative estimate of drug-likeness (QED) is 0.730. The molecule has 134 valence electrons. The topological polar surface area (TPSA) is 71.3 Å². The highest BCUT2D eigenvalue weighted by atomic mass is 35.5. The molecule has 0 aliphatic carbocycles. The number of hydrogen-bond donors (Lipinski definition) is 1. The number of nitriles is 1. The summed E-state index contributed by atoms with van der Waals surface area (Å²) in [5, 5.41) is 11.8. The largest absolute Gasteiger partial charge is 0.491 e. The van der Waals surface area contributed by atoms with Crippen molar-refractivity contribution in [1.82, 2.24) is 0 Å². The summed E-state index contributed by atoms with van der Waals surface area (Å²) in [7, 11) is 1.52. The van der Waals surface area contributed by atoms with Gasteiger partial charge in [-0.25, -0.2) is 0 Å². The number of benzene rings is 2. The summed E-state index contributed by atoms with van der Waals surface area (Å²) in [4.78, 5) is 12.1. The average molecular weight is 371 g/mol. The lowest BCUT2D eigenvalue weighted by Gasteiger charge is -2.11. The number of carbonyl (C=O) groups is 1. The van der Waals surface area contributed by atoms with E-state index in [0.29, 0.717) is 35.2 Å². The second kappa shape index (κ2) is 9.50. The monoisotopic (exact) mass is 370 g/mol. The molecule has 0 aliphatic rings. The van der Waals surface area contributed by atoms with E-state index in [-0.39, 0.29) is 5.91 Å². The molecule has 0 spiro atoms. The van der Waals surface area contributed by atoms with Crippen LogP contribution < -0.4 is 14.8 Å². The number of nitrogens with one attached hydrogen (secondary N) is 1. The second-order valence-corrected chi connectivity index (χ2v) is 5.73. The Labute approximate surface area is 157 Å². The summed E-state index contributed by atoms with van der Waals surface area (Å²) in [5.74, 6) is 0.714. The molecule has 0 atom stereocenters. The van der Waals surface area contributed by atoms with Crippen molar-refractivity contribution in [2.24, 2.45) is 0 Å². The Morgan fingerprint density at radius 3 is 2.65 bits per heavy atom. The van der Waals surface area contributed by atoms with Crippen molar-refractivity contribution in [2.45, 2.75) is 13.3 Å². The number of amides is 1. The minimum Gasteiger partial charge on any atom is -0.491 e. The number of nitrogens with zero attached hydrogens (tertiary/aromatic N) is 1. The van der Waals surface area contributed by atoms with E-state index in [1.807, 2.05) is 6.92 Å². The van der Waals surface area contributed by atoms with Gasteiger partial charge in [-0.05, 0) is 48.4 Å². The summed E-state index contributed by atoms with van der Waals surface area (Å²) >= 11 is 6.19. The van der Waals surface area contributed by atoms with Crippen LogP contribution in [-0.4, -0.2) is 19.6 Å². The lowest BCUT2D eigenvalue weighted by molar-refractivity contribution is -0.111. The Morgan fingerprint density at radius 2 is 2.04 bits per heavy atom. The number of methoxy groups -OCH3 is 1. The third-order valence-electron chi connectivity index (χ3n) is 3.47. The maximum absolute atomic E-state index is 12.1. The fourth-order valence-electron chi connectivity index (χ4n) is 2.30. The molecule has 0 fully saturated rings. The van der Waals surface area contributed by atoms with Crippen LogP contribution in [0.15, 0.2) is 42.5 Å². The third-order valence-corrected chi connectivity index (χ3v) is 3.75. The molecule has 6 heteroatoms. The second-order valence-electron chi connectivity index (χ2n) is 5.32. The number of carbonyl (C=O) groups excluding carboxylic acids is 1. The number of ether oxygens (including phenoxy) is 2. The SMILES string of the molecule is CCOc1cc(/C=C/C(=O)Nc2ccc(CC#N)cc2)cc(Cl)c1OC. The van der Waals surface area contributed by atoms with Crippen molar-refractivity contribution in [3.63, 3.8) is 0 Å². The first kappa shape index (κ1) is 19.4. The lowest BCUT2D eigenvalue weighted by Crippen LogP contribution is -2.07. The molecule has 0 radical (unpaired) electrons. The van der Waals surface area contributed by atoms with Gasteiger partial charge in [0.15, 0.2) is 11.5 Å². The van der Waals surface area contributed by atoms with E-state index in [4.69, 9.17) is 26.3 Å². The highest BCUT2D eigenvalue weighted by Crippen LogP contribution is 2.36. The normalized spacial score (nSPS) is 10.4. The Morgan fingerprint density at radius 1 is 1.31 bits per heavy atom. The van der Waals surface area contributed by atoms with Crippen LogP contribution in [0.5, 0.6) is 11.5 Å². The van der Waals surface area contributed by atoms with E-state index in [0.717, 1.165) is 11.1 Å². The van der Waals surface area contributed by atoms with Crippen LogP contribution in [0.3, 0.4) is 0 Å². The summed E-state index contributed by atoms with van der Waals surface area (Å²) in [6.45, 7) is 2.34. The molecule has 0 saturated heterocycles. The average Bonchev–Trinajstić information content (AvgIpc) is 2.62. The highest BCUT2D eigenvalue weighted by molar-refractivity contribution is 6.32. The van der Waals surface area contributed by atoms with Crippen LogP contribution in [0, 0.1) is 11.3 Å². The number of hydrogen-bond acceptors (Lipinski definition) is 4. The third kappa shape index (κ3) is 5.27. The van der Waals surface area contributed by atoms with Crippen molar-refractivity contribution in [2.75, 3.05) is 19.0 Å². The van der Waals surface area contributed by atoms with Crippen LogP contribution >= 0.6 is 11.6 Å². The molecule has 26 heavy (non-hydrogen) atoms. The van der Waals surface area contributed by atoms with Crippen LogP contribution in [0.1, 0.15) is 18.1 Å². The first-order valence-corrected chi connectivity index (χ1v) is 8.40. The van der Waals surface area contributed by atoms with Gasteiger partial charge in [0.05, 0.1) is 31.2 Å². The van der Waals surface area contributed by atoms with Gasteiger partial charge in [-0.3, -0.25) is 4.79 Å². The Balaban J connectivity index is 2.08. The standard InChI is InChI=1S/C20H19ClN2O3/c1-3-26-18-13-15(12-17(21)20(18)25-2)6-9-19(24)23-16-7-4-14(5-8-16)10-11-22/h4-9,12-13H,3,10H2,1-2H3,(H,23,24)/b9-6+. The predicted octanol–water partition coefficient (Wildman–Crippen LogP) is 4.47. The van der Waals surface area contributed by atoms with Crippen LogP contribution in [0.2, 0.25) is 5.02 Å². The molecule has 0 aromatic heterocycles. The minimum absolute atomic E-state index is 0.275. The van der Waals surface area contributed by atoms with Crippen LogP contribution in [-0.2, 0) is 11.2 Å². The Bertz CT molecular complexity index is 839. The lowest BCUT2D eigenvalue weighted by atomic mass is 10.1. The zero-order chi connectivity index (χ0) is 18.9. The molecule has 0 aliphatic heterocycles. The summed E-state index contributed by atoms with van der Waals surface area (Å²) < 4.78 is 10.8. The predicted molar refractivity (Wildman–Crippen MR) is 103 cm³/mol. The zero-order valence-electron chi connectivity index (χ0n) is 14.6. The van der Waals surface area contributed by atoms with Crippen molar-refractivity contribution in [3.05, 3.63) is 58.6 Å². The van der Waals surface area contributed by atoms with Gasteiger partial charge in [0.1, 0.15) is 0 Å². The van der Waals surface area contributed by atoms with E-state index in [1.165, 1.54) is 13.2 Å². The van der Waals surface area contributed by atoms with Gasteiger partial charge in [-0.2, -0.15) is 5.26 Å². The molecular formula is C20H19ClN2O3. The summed E-state index contributed by atoms with van der Waals surface area (Å²) in [6, 6.07) is 12.7. The van der Waals surface area contributed by atoms with Gasteiger partial charge in [-0.1, -0.05) is 23.7 Å².